The van der Waals surface area contributed by atoms with Crippen LogP contribution >= 0.6 is 0 Å². The van der Waals surface area contributed by atoms with Crippen molar-refractivity contribution in [3.05, 3.63) is 42.6 Å². The van der Waals surface area contributed by atoms with Gasteiger partial charge in [0.1, 0.15) is 12.3 Å². The zero-order valence-corrected chi connectivity index (χ0v) is 12.5. The largest absolute Gasteiger partial charge is 0.497 e. The number of rotatable bonds is 3. The number of sulfonamides is 1. The molecule has 2 heterocycles. The van der Waals surface area contributed by atoms with Crippen molar-refractivity contribution in [3.8, 4) is 5.75 Å². The van der Waals surface area contributed by atoms with E-state index in [9.17, 15) is 13.2 Å². The number of methoxy groups -OCH3 is 1. The van der Waals surface area contributed by atoms with Gasteiger partial charge in [-0.15, -0.1) is 0 Å². The minimum absolute atomic E-state index is 0.0691. The summed E-state index contributed by atoms with van der Waals surface area (Å²) in [4.78, 5) is 15.9. The molecule has 1 aliphatic rings. The summed E-state index contributed by atoms with van der Waals surface area (Å²) in [7, 11) is -2.38. The SMILES string of the molecule is COc1ccc(S(=O)(=O)N2CC(=O)Nc3cccnc32)cc1. The molecule has 114 valence electrons. The lowest BCUT2D eigenvalue weighted by molar-refractivity contribution is -0.115. The Bertz CT molecular complexity index is 818. The Labute approximate surface area is 127 Å². The Hall–Kier alpha value is -2.61. The van der Waals surface area contributed by atoms with Gasteiger partial charge in [0.15, 0.2) is 5.82 Å². The lowest BCUT2D eigenvalue weighted by atomic mass is 10.3. The van der Waals surface area contributed by atoms with Gasteiger partial charge in [0.25, 0.3) is 10.0 Å². The quantitative estimate of drug-likeness (QED) is 0.919. The molecule has 0 atom stereocenters. The molecular weight excluding hydrogens is 306 g/mol. The predicted molar refractivity (Wildman–Crippen MR) is 80.4 cm³/mol. The smallest absolute Gasteiger partial charge is 0.266 e. The Morgan fingerprint density at radius 3 is 2.64 bits per heavy atom. The van der Waals surface area contributed by atoms with E-state index in [1.165, 1.54) is 25.4 Å². The van der Waals surface area contributed by atoms with Gasteiger partial charge >= 0.3 is 0 Å². The van der Waals surface area contributed by atoms with Crippen LogP contribution in [-0.2, 0) is 14.8 Å². The molecule has 0 spiro atoms. The molecule has 1 aromatic carbocycles. The van der Waals surface area contributed by atoms with Crippen LogP contribution in [0.15, 0.2) is 47.5 Å². The van der Waals surface area contributed by atoms with E-state index in [4.69, 9.17) is 4.74 Å². The summed E-state index contributed by atoms with van der Waals surface area (Å²) >= 11 is 0. The third-order valence-corrected chi connectivity index (χ3v) is 4.98. The van der Waals surface area contributed by atoms with Crippen molar-refractivity contribution in [1.82, 2.24) is 4.98 Å². The summed E-state index contributed by atoms with van der Waals surface area (Å²) in [5.74, 6) is 0.351. The lowest BCUT2D eigenvalue weighted by Crippen LogP contribution is -2.42. The standard InChI is InChI=1S/C14H13N3O4S/c1-21-10-4-6-11(7-5-10)22(19,20)17-9-13(18)16-12-3-2-8-15-14(12)17/h2-8H,9H2,1H3,(H,16,18). The molecule has 1 aromatic heterocycles. The van der Waals surface area contributed by atoms with E-state index in [1.807, 2.05) is 0 Å². The zero-order chi connectivity index (χ0) is 15.7. The van der Waals surface area contributed by atoms with E-state index in [1.54, 1.807) is 24.3 Å². The molecule has 2 aromatic rings. The van der Waals surface area contributed by atoms with Gasteiger partial charge in [0.2, 0.25) is 5.91 Å². The number of hydrogen-bond donors (Lipinski definition) is 1. The number of amides is 1. The molecule has 0 saturated heterocycles. The number of hydrogen-bond acceptors (Lipinski definition) is 5. The Morgan fingerprint density at radius 1 is 1.23 bits per heavy atom. The van der Waals surface area contributed by atoms with Crippen molar-refractivity contribution in [2.24, 2.45) is 0 Å². The highest BCUT2D eigenvalue weighted by Crippen LogP contribution is 2.31. The maximum Gasteiger partial charge on any atom is 0.266 e. The molecular formula is C14H13N3O4S. The molecule has 0 aliphatic carbocycles. The van der Waals surface area contributed by atoms with E-state index in [0.29, 0.717) is 11.4 Å². The van der Waals surface area contributed by atoms with Crippen molar-refractivity contribution in [2.45, 2.75) is 4.90 Å². The van der Waals surface area contributed by atoms with E-state index in [-0.39, 0.29) is 17.3 Å². The summed E-state index contributed by atoms with van der Waals surface area (Å²) < 4.78 is 31.5. The number of aromatic nitrogens is 1. The first-order chi connectivity index (χ1) is 10.5. The van der Waals surface area contributed by atoms with Crippen LogP contribution in [0, 0.1) is 0 Å². The molecule has 1 aliphatic heterocycles. The molecule has 0 radical (unpaired) electrons. The number of carbonyl (C=O) groups excluding carboxylic acids is 1. The minimum Gasteiger partial charge on any atom is -0.497 e. The molecule has 7 nitrogen and oxygen atoms in total. The van der Waals surface area contributed by atoms with Crippen molar-refractivity contribution in [2.75, 3.05) is 23.3 Å². The first kappa shape index (κ1) is 14.3. The van der Waals surface area contributed by atoms with Crippen molar-refractivity contribution >= 4 is 27.4 Å². The first-order valence-corrected chi connectivity index (χ1v) is 7.88. The summed E-state index contributed by atoms with van der Waals surface area (Å²) in [6, 6.07) is 9.21. The number of ether oxygens (including phenoxy) is 1. The summed E-state index contributed by atoms with van der Waals surface area (Å²) in [5, 5.41) is 2.60. The number of nitrogens with zero attached hydrogens (tertiary/aromatic N) is 2. The van der Waals surface area contributed by atoms with Crippen LogP contribution in [-0.4, -0.2) is 33.0 Å². The highest BCUT2D eigenvalue weighted by molar-refractivity contribution is 7.92. The molecule has 1 amide bonds. The van der Waals surface area contributed by atoms with Crippen LogP contribution < -0.4 is 14.4 Å². The van der Waals surface area contributed by atoms with Crippen LogP contribution in [0.1, 0.15) is 0 Å². The second-order valence-corrected chi connectivity index (χ2v) is 6.47. The molecule has 0 fully saturated rings. The summed E-state index contributed by atoms with van der Waals surface area (Å²) in [5.41, 5.74) is 0.371. The van der Waals surface area contributed by atoms with Crippen LogP contribution in [0.2, 0.25) is 0 Å². The summed E-state index contributed by atoms with van der Waals surface area (Å²) in [6.45, 7) is -0.307. The Morgan fingerprint density at radius 2 is 1.95 bits per heavy atom. The first-order valence-electron chi connectivity index (χ1n) is 6.44. The topological polar surface area (TPSA) is 88.6 Å². The molecule has 22 heavy (non-hydrogen) atoms. The number of pyridine rings is 1. The van der Waals surface area contributed by atoms with Crippen molar-refractivity contribution < 1.29 is 17.9 Å². The van der Waals surface area contributed by atoms with E-state index in [0.717, 1.165) is 4.31 Å². The average molecular weight is 319 g/mol. The van der Waals surface area contributed by atoms with E-state index in [2.05, 4.69) is 10.3 Å². The molecule has 0 saturated carbocycles. The fourth-order valence-corrected chi connectivity index (χ4v) is 3.56. The van der Waals surface area contributed by atoms with Gasteiger partial charge in [0.05, 0.1) is 17.7 Å². The number of benzene rings is 1. The van der Waals surface area contributed by atoms with E-state index < -0.39 is 15.9 Å². The van der Waals surface area contributed by atoms with Gasteiger partial charge in [-0.05, 0) is 36.4 Å². The molecule has 8 heteroatoms. The number of anilines is 2. The van der Waals surface area contributed by atoms with Crippen LogP contribution in [0.4, 0.5) is 11.5 Å². The Kier molecular flexibility index (Phi) is 3.45. The van der Waals surface area contributed by atoms with Gasteiger partial charge in [-0.25, -0.2) is 17.7 Å². The fourth-order valence-electron chi connectivity index (χ4n) is 2.16. The molecule has 1 N–H and O–H groups in total. The van der Waals surface area contributed by atoms with Crippen LogP contribution in [0.5, 0.6) is 5.75 Å². The van der Waals surface area contributed by atoms with Gasteiger partial charge in [-0.2, -0.15) is 0 Å². The zero-order valence-electron chi connectivity index (χ0n) is 11.7. The van der Waals surface area contributed by atoms with Crippen molar-refractivity contribution in [3.63, 3.8) is 0 Å². The second kappa shape index (κ2) is 5.30. The van der Waals surface area contributed by atoms with Gasteiger partial charge in [-0.1, -0.05) is 0 Å². The van der Waals surface area contributed by atoms with Gasteiger partial charge in [-0.3, -0.25) is 4.79 Å². The summed E-state index contributed by atoms with van der Waals surface area (Å²) in [6.07, 6.45) is 1.48. The number of fused-ring (bicyclic) bond motifs is 1. The maximum atomic E-state index is 12.8. The highest BCUT2D eigenvalue weighted by atomic mass is 32.2. The van der Waals surface area contributed by atoms with Gasteiger partial charge in [0, 0.05) is 6.20 Å². The molecule has 3 rings (SSSR count). The fraction of sp³-hybridized carbons (Fsp3) is 0.143. The molecule has 0 bridgehead atoms. The maximum absolute atomic E-state index is 12.8. The third kappa shape index (κ3) is 2.37. The highest BCUT2D eigenvalue weighted by Gasteiger charge is 2.33. The van der Waals surface area contributed by atoms with Crippen LogP contribution in [0.3, 0.4) is 0 Å². The van der Waals surface area contributed by atoms with Crippen molar-refractivity contribution in [1.29, 1.82) is 0 Å². The normalized spacial score (nSPS) is 14.2. The third-order valence-electron chi connectivity index (χ3n) is 3.23. The minimum atomic E-state index is -3.88. The number of carbonyl (C=O) groups is 1. The lowest BCUT2D eigenvalue weighted by Gasteiger charge is -2.28. The average Bonchev–Trinajstić information content (AvgIpc) is 2.54. The molecule has 0 unspecified atom stereocenters. The monoisotopic (exact) mass is 319 g/mol. The van der Waals surface area contributed by atoms with Gasteiger partial charge < -0.3 is 10.1 Å². The Balaban J connectivity index is 2.07. The van der Waals surface area contributed by atoms with Crippen LogP contribution in [0.25, 0.3) is 0 Å². The van der Waals surface area contributed by atoms with E-state index >= 15 is 0 Å². The predicted octanol–water partition coefficient (Wildman–Crippen LogP) is 1.24. The number of nitrogens with one attached hydrogen (secondary N) is 1. The second-order valence-electron chi connectivity index (χ2n) is 4.61.